The van der Waals surface area contributed by atoms with Crippen LogP contribution in [-0.4, -0.2) is 29.9 Å². The number of pyridine rings is 1. The molecule has 136 valence electrons. The molecule has 1 amide bonds. The first kappa shape index (κ1) is 18.5. The Hall–Kier alpha value is -2.32. The van der Waals surface area contributed by atoms with E-state index < -0.39 is 11.4 Å². The Morgan fingerprint density at radius 1 is 1.42 bits per heavy atom. The topological polar surface area (TPSA) is 89.6 Å². The number of nitrogens with two attached hydrogens (primary N) is 1. The van der Waals surface area contributed by atoms with Gasteiger partial charge in [0, 0.05) is 21.9 Å². The molecule has 1 aliphatic rings. The van der Waals surface area contributed by atoms with Gasteiger partial charge in [-0.1, -0.05) is 0 Å². The number of benzene rings is 1. The average molecular weight is 421 g/mol. The van der Waals surface area contributed by atoms with Crippen molar-refractivity contribution in [2.24, 2.45) is 10.7 Å². The van der Waals surface area contributed by atoms with Crippen molar-refractivity contribution < 1.29 is 13.9 Å². The van der Waals surface area contributed by atoms with E-state index in [4.69, 9.17) is 10.5 Å². The van der Waals surface area contributed by atoms with E-state index in [0.717, 1.165) is 10.0 Å². The zero-order chi connectivity index (χ0) is 18.9. The Kier molecular flexibility index (Phi) is 5.06. The molecule has 0 aliphatic carbocycles. The van der Waals surface area contributed by atoms with E-state index in [1.165, 1.54) is 12.1 Å². The monoisotopic (exact) mass is 420 g/mol. The number of hydrogen-bond donors (Lipinski definition) is 2. The second-order valence-electron chi connectivity index (χ2n) is 6.34. The van der Waals surface area contributed by atoms with Crippen LogP contribution in [0.2, 0.25) is 0 Å². The summed E-state index contributed by atoms with van der Waals surface area (Å²) in [6.07, 6.45) is 1.55. The van der Waals surface area contributed by atoms with E-state index in [0.29, 0.717) is 22.8 Å². The maximum Gasteiger partial charge on any atom is 0.274 e. The van der Waals surface area contributed by atoms with Gasteiger partial charge in [-0.15, -0.1) is 0 Å². The molecular formula is C18H18BrFN4O2. The fraction of sp³-hybridized carbons (Fsp3) is 0.278. The summed E-state index contributed by atoms with van der Waals surface area (Å²) in [6.45, 7) is 3.96. The number of halogens is 2. The summed E-state index contributed by atoms with van der Waals surface area (Å²) in [5.41, 5.74) is 6.57. The number of aromatic nitrogens is 1. The Labute approximate surface area is 158 Å². The molecule has 0 spiro atoms. The molecule has 2 heterocycles. The fourth-order valence-corrected chi connectivity index (χ4v) is 3.30. The number of amidine groups is 1. The van der Waals surface area contributed by atoms with Crippen molar-refractivity contribution in [3.05, 3.63) is 57.6 Å². The number of nitrogens with one attached hydrogen (secondary N) is 1. The fourth-order valence-electron chi connectivity index (χ4n) is 2.86. The molecule has 6 nitrogen and oxygen atoms in total. The summed E-state index contributed by atoms with van der Waals surface area (Å²) in [5.74, 6) is -0.506. The van der Waals surface area contributed by atoms with Gasteiger partial charge >= 0.3 is 0 Å². The SMILES string of the molecule is Cc1cc(Br)cnc1C(=O)Nc1ccc(F)c([C@]2(C)COCC(N)=N2)c1. The number of amides is 1. The Bertz CT molecular complexity index is 903. The van der Waals surface area contributed by atoms with Gasteiger partial charge in [0.05, 0.1) is 6.61 Å². The second-order valence-corrected chi connectivity index (χ2v) is 7.25. The van der Waals surface area contributed by atoms with Crippen molar-refractivity contribution in [1.82, 2.24) is 4.98 Å². The van der Waals surface area contributed by atoms with Crippen molar-refractivity contribution in [3.63, 3.8) is 0 Å². The Morgan fingerprint density at radius 3 is 2.88 bits per heavy atom. The minimum Gasteiger partial charge on any atom is -0.386 e. The summed E-state index contributed by atoms with van der Waals surface area (Å²) in [5, 5.41) is 2.75. The normalized spacial score (nSPS) is 19.8. The lowest BCUT2D eigenvalue weighted by molar-refractivity contribution is 0.102. The van der Waals surface area contributed by atoms with Gasteiger partial charge in [0.25, 0.3) is 5.91 Å². The summed E-state index contributed by atoms with van der Waals surface area (Å²) < 4.78 is 20.6. The number of rotatable bonds is 3. The predicted molar refractivity (Wildman–Crippen MR) is 101 cm³/mol. The maximum atomic E-state index is 14.4. The second kappa shape index (κ2) is 7.13. The van der Waals surface area contributed by atoms with Crippen LogP contribution in [0.15, 0.2) is 39.9 Å². The van der Waals surface area contributed by atoms with E-state index in [-0.39, 0.29) is 19.1 Å². The lowest BCUT2D eigenvalue weighted by atomic mass is 9.92. The van der Waals surface area contributed by atoms with Crippen LogP contribution >= 0.6 is 15.9 Å². The zero-order valence-corrected chi connectivity index (χ0v) is 15.9. The van der Waals surface area contributed by atoms with E-state index in [2.05, 4.69) is 31.2 Å². The first-order valence-corrected chi connectivity index (χ1v) is 8.73. The van der Waals surface area contributed by atoms with Gasteiger partial charge in [0.15, 0.2) is 0 Å². The molecule has 2 aromatic rings. The molecule has 1 aliphatic heterocycles. The molecule has 1 aromatic carbocycles. The van der Waals surface area contributed by atoms with E-state index in [9.17, 15) is 9.18 Å². The number of anilines is 1. The molecule has 3 N–H and O–H groups in total. The number of carbonyl (C=O) groups excluding carboxylic acids is 1. The van der Waals surface area contributed by atoms with Gasteiger partial charge in [-0.3, -0.25) is 9.79 Å². The minimum absolute atomic E-state index is 0.204. The van der Waals surface area contributed by atoms with Gasteiger partial charge in [0.1, 0.15) is 29.5 Å². The van der Waals surface area contributed by atoms with Crippen molar-refractivity contribution in [2.45, 2.75) is 19.4 Å². The van der Waals surface area contributed by atoms with Crippen molar-refractivity contribution in [1.29, 1.82) is 0 Å². The van der Waals surface area contributed by atoms with Gasteiger partial charge in [-0.05, 0) is 59.6 Å². The highest BCUT2D eigenvalue weighted by molar-refractivity contribution is 9.10. The number of ether oxygens (including phenoxy) is 1. The number of carbonyl (C=O) groups is 1. The molecule has 1 aromatic heterocycles. The summed E-state index contributed by atoms with van der Waals surface area (Å²) in [7, 11) is 0. The predicted octanol–water partition coefficient (Wildman–Crippen LogP) is 3.15. The minimum atomic E-state index is -0.946. The number of hydrogen-bond acceptors (Lipinski definition) is 5. The van der Waals surface area contributed by atoms with E-state index in [1.54, 1.807) is 32.2 Å². The van der Waals surface area contributed by atoms with Gasteiger partial charge in [0.2, 0.25) is 0 Å². The smallest absolute Gasteiger partial charge is 0.274 e. The molecule has 0 unspecified atom stereocenters. The van der Waals surface area contributed by atoms with Crippen molar-refractivity contribution in [2.75, 3.05) is 18.5 Å². The Balaban J connectivity index is 1.90. The van der Waals surface area contributed by atoms with Gasteiger partial charge in [-0.2, -0.15) is 0 Å². The summed E-state index contributed by atoms with van der Waals surface area (Å²) in [4.78, 5) is 21.0. The van der Waals surface area contributed by atoms with Gasteiger partial charge < -0.3 is 15.8 Å². The molecular weight excluding hydrogens is 403 g/mol. The van der Waals surface area contributed by atoms with Crippen LogP contribution in [0.5, 0.6) is 0 Å². The third-order valence-electron chi connectivity index (χ3n) is 4.09. The van der Waals surface area contributed by atoms with Crippen LogP contribution < -0.4 is 11.1 Å². The Morgan fingerprint density at radius 2 is 2.19 bits per heavy atom. The number of aliphatic imine (C=N–C) groups is 1. The first-order chi connectivity index (χ1) is 12.3. The molecule has 0 saturated carbocycles. The van der Waals surface area contributed by atoms with E-state index >= 15 is 0 Å². The summed E-state index contributed by atoms with van der Waals surface area (Å²) >= 11 is 3.31. The van der Waals surface area contributed by atoms with E-state index in [1.807, 2.05) is 0 Å². The van der Waals surface area contributed by atoms with Crippen LogP contribution in [0, 0.1) is 12.7 Å². The van der Waals surface area contributed by atoms with Crippen molar-refractivity contribution >= 4 is 33.4 Å². The molecule has 3 rings (SSSR count). The summed E-state index contributed by atoms with van der Waals surface area (Å²) in [6, 6.07) is 6.13. The lowest BCUT2D eigenvalue weighted by Gasteiger charge is -2.30. The molecule has 8 heteroatoms. The van der Waals surface area contributed by atoms with Crippen LogP contribution in [0.4, 0.5) is 10.1 Å². The third kappa shape index (κ3) is 3.76. The quantitative estimate of drug-likeness (QED) is 0.797. The molecule has 0 radical (unpaired) electrons. The first-order valence-electron chi connectivity index (χ1n) is 7.94. The third-order valence-corrected chi connectivity index (χ3v) is 4.52. The molecule has 1 atom stereocenters. The van der Waals surface area contributed by atoms with Crippen LogP contribution in [-0.2, 0) is 10.3 Å². The highest BCUT2D eigenvalue weighted by Crippen LogP contribution is 2.32. The highest BCUT2D eigenvalue weighted by atomic mass is 79.9. The average Bonchev–Trinajstić information content (AvgIpc) is 2.56. The lowest BCUT2D eigenvalue weighted by Crippen LogP contribution is -2.38. The molecule has 0 saturated heterocycles. The zero-order valence-electron chi connectivity index (χ0n) is 14.3. The standard InChI is InChI=1S/C18H18BrFN4O2/c1-10-5-11(19)7-22-16(10)17(25)23-12-3-4-14(20)13(6-12)18(2)9-26-8-15(21)24-18/h3-7H,8-9H2,1-2H3,(H2,21,24)(H,23,25)/t18-/m0/s1. The van der Waals surface area contributed by atoms with Gasteiger partial charge in [-0.25, -0.2) is 9.37 Å². The largest absolute Gasteiger partial charge is 0.386 e. The van der Waals surface area contributed by atoms with Crippen LogP contribution in [0.3, 0.4) is 0 Å². The molecule has 0 fully saturated rings. The molecule has 0 bridgehead atoms. The van der Waals surface area contributed by atoms with Crippen molar-refractivity contribution in [3.8, 4) is 0 Å². The highest BCUT2D eigenvalue weighted by Gasteiger charge is 2.33. The number of aryl methyl sites for hydroxylation is 1. The van der Waals surface area contributed by atoms with Crippen LogP contribution in [0.25, 0.3) is 0 Å². The maximum absolute atomic E-state index is 14.4. The molecule has 26 heavy (non-hydrogen) atoms. The number of nitrogens with zero attached hydrogens (tertiary/aromatic N) is 2. The van der Waals surface area contributed by atoms with Crippen LogP contribution in [0.1, 0.15) is 28.5 Å².